The van der Waals surface area contributed by atoms with Crippen LogP contribution in [0, 0.1) is 5.92 Å². The molecule has 1 N–H and O–H groups in total. The fraction of sp³-hybridized carbons (Fsp3) is 0.800. The van der Waals surface area contributed by atoms with Gasteiger partial charge in [-0.2, -0.15) is 0 Å². The molecule has 0 amide bonds. The average Bonchev–Trinajstić information content (AvgIpc) is 2.98. The van der Waals surface area contributed by atoms with Crippen molar-refractivity contribution in [2.75, 3.05) is 20.3 Å². The maximum Gasteiger partial charge on any atom is 0.0944 e. The maximum atomic E-state index is 5.46. The van der Waals surface area contributed by atoms with Gasteiger partial charge < -0.3 is 10.1 Å². The largest absolute Gasteiger partial charge is 0.381 e. The summed E-state index contributed by atoms with van der Waals surface area (Å²) in [7, 11) is 2.05. The van der Waals surface area contributed by atoms with Crippen LogP contribution >= 0.6 is 11.3 Å². The van der Waals surface area contributed by atoms with Gasteiger partial charge in [-0.1, -0.05) is 20.8 Å². The molecule has 2 unspecified atom stereocenters. The molecular formula is C15H26N2OS. The number of rotatable bonds is 5. The number of hydrogen-bond donors (Lipinski definition) is 1. The van der Waals surface area contributed by atoms with Crippen molar-refractivity contribution in [3.63, 3.8) is 0 Å². The summed E-state index contributed by atoms with van der Waals surface area (Å²) in [6.45, 7) is 8.53. The van der Waals surface area contributed by atoms with Gasteiger partial charge >= 0.3 is 0 Å². The highest BCUT2D eigenvalue weighted by molar-refractivity contribution is 7.09. The molecule has 1 aliphatic rings. The quantitative estimate of drug-likeness (QED) is 0.901. The SMILES string of the molecule is CNC(Cc1nc(C(C)(C)C)cs1)CC1CCOC1. The van der Waals surface area contributed by atoms with Crippen molar-refractivity contribution in [1.29, 1.82) is 0 Å². The molecule has 2 heterocycles. The molecular weight excluding hydrogens is 256 g/mol. The molecule has 0 aromatic carbocycles. The second-order valence-electron chi connectivity index (χ2n) is 6.53. The van der Waals surface area contributed by atoms with E-state index in [0.29, 0.717) is 6.04 Å². The molecule has 2 rings (SSSR count). The Morgan fingerprint density at radius 3 is 2.84 bits per heavy atom. The number of hydrogen-bond acceptors (Lipinski definition) is 4. The zero-order valence-electron chi connectivity index (χ0n) is 12.5. The van der Waals surface area contributed by atoms with Crippen molar-refractivity contribution < 1.29 is 4.74 Å². The molecule has 108 valence electrons. The third kappa shape index (κ3) is 4.26. The van der Waals surface area contributed by atoms with Crippen LogP contribution in [0.4, 0.5) is 0 Å². The summed E-state index contributed by atoms with van der Waals surface area (Å²) in [6.07, 6.45) is 3.44. The van der Waals surface area contributed by atoms with E-state index in [4.69, 9.17) is 9.72 Å². The molecule has 0 aliphatic carbocycles. The fourth-order valence-corrected chi connectivity index (χ4v) is 3.54. The van der Waals surface area contributed by atoms with Gasteiger partial charge in [-0.3, -0.25) is 0 Å². The van der Waals surface area contributed by atoms with E-state index in [0.717, 1.165) is 25.6 Å². The topological polar surface area (TPSA) is 34.2 Å². The highest BCUT2D eigenvalue weighted by atomic mass is 32.1. The number of ether oxygens (including phenoxy) is 1. The van der Waals surface area contributed by atoms with Crippen LogP contribution in [0.2, 0.25) is 0 Å². The van der Waals surface area contributed by atoms with Gasteiger partial charge in [0.25, 0.3) is 0 Å². The van der Waals surface area contributed by atoms with E-state index in [1.165, 1.54) is 23.5 Å². The summed E-state index contributed by atoms with van der Waals surface area (Å²) in [5.41, 5.74) is 1.37. The molecule has 1 aromatic rings. The Balaban J connectivity index is 1.92. The Morgan fingerprint density at radius 1 is 1.53 bits per heavy atom. The van der Waals surface area contributed by atoms with E-state index in [1.54, 1.807) is 11.3 Å². The Kier molecular flexibility index (Phi) is 4.98. The second kappa shape index (κ2) is 6.33. The first-order valence-corrected chi connectivity index (χ1v) is 8.07. The first-order chi connectivity index (χ1) is 8.99. The lowest BCUT2D eigenvalue weighted by Crippen LogP contribution is -2.30. The number of likely N-dealkylation sites (N-methyl/N-ethyl adjacent to an activating group) is 1. The standard InChI is InChI=1S/C15H26N2OS/c1-15(2,3)13-10-19-14(17-13)8-12(16-4)7-11-5-6-18-9-11/h10-12,16H,5-9H2,1-4H3. The van der Waals surface area contributed by atoms with Gasteiger partial charge in [-0.15, -0.1) is 11.3 Å². The molecule has 0 bridgehead atoms. The molecule has 1 aromatic heterocycles. The molecule has 19 heavy (non-hydrogen) atoms. The van der Waals surface area contributed by atoms with E-state index in [1.807, 2.05) is 0 Å². The first kappa shape index (κ1) is 14.9. The molecule has 1 fully saturated rings. The first-order valence-electron chi connectivity index (χ1n) is 7.19. The molecule has 0 radical (unpaired) electrons. The minimum atomic E-state index is 0.156. The summed E-state index contributed by atoms with van der Waals surface area (Å²) in [4.78, 5) is 4.79. The zero-order valence-corrected chi connectivity index (χ0v) is 13.3. The van der Waals surface area contributed by atoms with Gasteiger partial charge in [0.05, 0.1) is 10.7 Å². The highest BCUT2D eigenvalue weighted by Gasteiger charge is 2.22. The number of aromatic nitrogens is 1. The highest BCUT2D eigenvalue weighted by Crippen LogP contribution is 2.26. The molecule has 4 heteroatoms. The normalized spacial score (nSPS) is 21.8. The van der Waals surface area contributed by atoms with E-state index in [-0.39, 0.29) is 5.41 Å². The van der Waals surface area contributed by atoms with Gasteiger partial charge in [0.2, 0.25) is 0 Å². The van der Waals surface area contributed by atoms with Crippen molar-refractivity contribution in [2.24, 2.45) is 5.92 Å². The number of nitrogens with zero attached hydrogens (tertiary/aromatic N) is 1. The Hall–Kier alpha value is -0.450. The molecule has 1 aliphatic heterocycles. The van der Waals surface area contributed by atoms with Crippen molar-refractivity contribution in [2.45, 2.75) is 51.5 Å². The van der Waals surface area contributed by atoms with Gasteiger partial charge in [-0.05, 0) is 25.8 Å². The lowest BCUT2D eigenvalue weighted by molar-refractivity contribution is 0.181. The molecule has 3 nitrogen and oxygen atoms in total. The maximum absolute atomic E-state index is 5.46. The van der Waals surface area contributed by atoms with Crippen LogP contribution in [-0.2, 0) is 16.6 Å². The predicted molar refractivity (Wildman–Crippen MR) is 80.9 cm³/mol. The van der Waals surface area contributed by atoms with Gasteiger partial charge in [-0.25, -0.2) is 4.98 Å². The second-order valence-corrected chi connectivity index (χ2v) is 7.47. The van der Waals surface area contributed by atoms with Crippen LogP contribution in [0.25, 0.3) is 0 Å². The number of thiazole rings is 1. The van der Waals surface area contributed by atoms with Crippen molar-refractivity contribution in [1.82, 2.24) is 10.3 Å². The van der Waals surface area contributed by atoms with Crippen molar-refractivity contribution in [3.05, 3.63) is 16.1 Å². The van der Waals surface area contributed by atoms with Crippen LogP contribution in [0.5, 0.6) is 0 Å². The third-order valence-electron chi connectivity index (χ3n) is 3.79. The van der Waals surface area contributed by atoms with E-state index >= 15 is 0 Å². The van der Waals surface area contributed by atoms with Crippen molar-refractivity contribution in [3.8, 4) is 0 Å². The lowest BCUT2D eigenvalue weighted by Gasteiger charge is -2.18. The van der Waals surface area contributed by atoms with E-state index in [9.17, 15) is 0 Å². The third-order valence-corrected chi connectivity index (χ3v) is 4.66. The fourth-order valence-electron chi connectivity index (χ4n) is 2.43. The smallest absolute Gasteiger partial charge is 0.0944 e. The van der Waals surface area contributed by atoms with E-state index < -0.39 is 0 Å². The van der Waals surface area contributed by atoms with Gasteiger partial charge in [0.1, 0.15) is 0 Å². The van der Waals surface area contributed by atoms with Crippen LogP contribution in [0.1, 0.15) is 44.3 Å². The van der Waals surface area contributed by atoms with Gasteiger partial charge in [0.15, 0.2) is 0 Å². The predicted octanol–water partition coefficient (Wildman–Crippen LogP) is 3.00. The summed E-state index contributed by atoms with van der Waals surface area (Å²) in [6, 6.07) is 0.519. The molecule has 1 saturated heterocycles. The average molecular weight is 282 g/mol. The molecule has 0 saturated carbocycles. The van der Waals surface area contributed by atoms with Crippen LogP contribution in [0.15, 0.2) is 5.38 Å². The van der Waals surface area contributed by atoms with Crippen LogP contribution < -0.4 is 5.32 Å². The summed E-state index contributed by atoms with van der Waals surface area (Å²) >= 11 is 1.80. The minimum absolute atomic E-state index is 0.156. The zero-order chi connectivity index (χ0) is 13.9. The Morgan fingerprint density at radius 2 is 2.32 bits per heavy atom. The Bertz CT molecular complexity index is 391. The van der Waals surface area contributed by atoms with E-state index in [2.05, 4.69) is 38.5 Å². The van der Waals surface area contributed by atoms with Crippen molar-refractivity contribution >= 4 is 11.3 Å². The van der Waals surface area contributed by atoms with Crippen LogP contribution in [-0.4, -0.2) is 31.3 Å². The summed E-state index contributed by atoms with van der Waals surface area (Å²) in [5.74, 6) is 0.722. The Labute approximate surface area is 120 Å². The summed E-state index contributed by atoms with van der Waals surface area (Å²) in [5, 5.41) is 6.90. The molecule has 2 atom stereocenters. The van der Waals surface area contributed by atoms with Gasteiger partial charge in [0, 0.05) is 36.5 Å². The molecule has 0 spiro atoms. The number of nitrogens with one attached hydrogen (secondary N) is 1. The monoisotopic (exact) mass is 282 g/mol. The van der Waals surface area contributed by atoms with Crippen LogP contribution in [0.3, 0.4) is 0 Å². The summed E-state index contributed by atoms with van der Waals surface area (Å²) < 4.78 is 5.46. The lowest BCUT2D eigenvalue weighted by atomic mass is 9.93. The minimum Gasteiger partial charge on any atom is -0.381 e.